The molecule has 124 valence electrons. The highest BCUT2D eigenvalue weighted by Gasteiger charge is 2.16. The Morgan fingerprint density at radius 3 is 2.60 bits per heavy atom. The largest absolute Gasteiger partial charge is 0.306 e. The molecule has 3 rings (SSSR count). The maximum absolute atomic E-state index is 12.3. The molecular weight excluding hydrogens is 332 g/mol. The molecule has 0 aliphatic carbocycles. The summed E-state index contributed by atoms with van der Waals surface area (Å²) in [5.74, 6) is 0.745. The van der Waals surface area contributed by atoms with E-state index in [0.29, 0.717) is 27.7 Å². The summed E-state index contributed by atoms with van der Waals surface area (Å²) < 4.78 is 0. The van der Waals surface area contributed by atoms with E-state index >= 15 is 0 Å². The Labute approximate surface area is 150 Å². The van der Waals surface area contributed by atoms with Gasteiger partial charge in [0, 0.05) is 11.3 Å². The number of rotatable bonds is 5. The molecule has 0 spiro atoms. The molecule has 1 heterocycles. The van der Waals surface area contributed by atoms with Crippen LogP contribution in [-0.4, -0.2) is 16.1 Å². The number of anilines is 1. The van der Waals surface area contributed by atoms with Crippen molar-refractivity contribution in [1.82, 2.24) is 10.2 Å². The maximum atomic E-state index is 12.3. The normalized spacial score (nSPS) is 10.2. The molecule has 0 aliphatic heterocycles. The Hall–Kier alpha value is -3.04. The monoisotopic (exact) mass is 348 g/mol. The van der Waals surface area contributed by atoms with Gasteiger partial charge in [-0.05, 0) is 24.6 Å². The summed E-state index contributed by atoms with van der Waals surface area (Å²) >= 11 is 1.45. The van der Waals surface area contributed by atoms with Crippen LogP contribution >= 0.6 is 11.8 Å². The first-order valence-corrected chi connectivity index (χ1v) is 8.69. The fraction of sp³-hybridized carbons (Fsp3) is 0.105. The number of carbonyl (C=O) groups excluding carboxylic acids is 1. The molecule has 0 unspecified atom stereocenters. The summed E-state index contributed by atoms with van der Waals surface area (Å²) in [6, 6.07) is 19.3. The van der Waals surface area contributed by atoms with E-state index in [1.807, 2.05) is 49.4 Å². The van der Waals surface area contributed by atoms with E-state index < -0.39 is 0 Å². The minimum atomic E-state index is -0.278. The van der Waals surface area contributed by atoms with Crippen molar-refractivity contribution < 1.29 is 4.79 Å². The van der Waals surface area contributed by atoms with Crippen LogP contribution in [-0.2, 0) is 5.75 Å². The molecule has 0 bridgehead atoms. The van der Waals surface area contributed by atoms with Crippen LogP contribution in [0.2, 0.25) is 0 Å². The SMILES string of the molecule is Cc1ccc(C(=O)Nc2[nH]nc(SCc3ccccc3)c2C#N)cc1. The molecule has 0 saturated carbocycles. The number of amides is 1. The number of carbonyl (C=O) groups is 1. The summed E-state index contributed by atoms with van der Waals surface area (Å²) in [6.07, 6.45) is 0. The number of aromatic amines is 1. The Morgan fingerprint density at radius 2 is 1.92 bits per heavy atom. The predicted molar refractivity (Wildman–Crippen MR) is 98.4 cm³/mol. The molecule has 1 amide bonds. The lowest BCUT2D eigenvalue weighted by Gasteiger charge is -2.04. The van der Waals surface area contributed by atoms with E-state index in [2.05, 4.69) is 21.6 Å². The van der Waals surface area contributed by atoms with Crippen molar-refractivity contribution in [3.8, 4) is 6.07 Å². The zero-order chi connectivity index (χ0) is 17.6. The average Bonchev–Trinajstić information content (AvgIpc) is 3.03. The molecule has 3 aromatic rings. The van der Waals surface area contributed by atoms with E-state index in [4.69, 9.17) is 0 Å². The topological polar surface area (TPSA) is 81.6 Å². The van der Waals surface area contributed by atoms with Gasteiger partial charge in [-0.15, -0.1) is 0 Å². The van der Waals surface area contributed by atoms with Gasteiger partial charge in [-0.25, -0.2) is 0 Å². The number of hydrogen-bond acceptors (Lipinski definition) is 4. The number of benzene rings is 2. The van der Waals surface area contributed by atoms with Crippen molar-refractivity contribution in [3.05, 3.63) is 76.9 Å². The zero-order valence-corrected chi connectivity index (χ0v) is 14.4. The molecule has 0 saturated heterocycles. The molecule has 0 fully saturated rings. The van der Waals surface area contributed by atoms with Crippen molar-refractivity contribution in [2.45, 2.75) is 17.7 Å². The van der Waals surface area contributed by atoms with Gasteiger partial charge in [-0.1, -0.05) is 59.8 Å². The lowest BCUT2D eigenvalue weighted by Crippen LogP contribution is -2.13. The van der Waals surface area contributed by atoms with Crippen molar-refractivity contribution in [3.63, 3.8) is 0 Å². The number of nitriles is 1. The molecule has 0 aliphatic rings. The van der Waals surface area contributed by atoms with Gasteiger partial charge in [0.05, 0.1) is 0 Å². The quantitative estimate of drug-likeness (QED) is 0.679. The van der Waals surface area contributed by atoms with Crippen LogP contribution in [0.5, 0.6) is 0 Å². The third-order valence-corrected chi connectivity index (χ3v) is 4.66. The summed E-state index contributed by atoms with van der Waals surface area (Å²) in [6.45, 7) is 1.96. The highest BCUT2D eigenvalue weighted by atomic mass is 32.2. The van der Waals surface area contributed by atoms with Gasteiger partial charge < -0.3 is 5.32 Å². The molecule has 6 heteroatoms. The van der Waals surface area contributed by atoms with Gasteiger partial charge >= 0.3 is 0 Å². The fourth-order valence-electron chi connectivity index (χ4n) is 2.24. The Kier molecular flexibility index (Phi) is 5.17. The molecule has 0 radical (unpaired) electrons. The van der Waals surface area contributed by atoms with Gasteiger partial charge in [0.25, 0.3) is 5.91 Å². The number of nitrogens with one attached hydrogen (secondary N) is 2. The second-order valence-electron chi connectivity index (χ2n) is 5.48. The van der Waals surface area contributed by atoms with Gasteiger partial charge in [0.1, 0.15) is 22.5 Å². The number of nitrogens with zero attached hydrogens (tertiary/aromatic N) is 2. The van der Waals surface area contributed by atoms with E-state index in [-0.39, 0.29) is 5.91 Å². The molecule has 25 heavy (non-hydrogen) atoms. The fourth-order valence-corrected chi connectivity index (χ4v) is 3.14. The van der Waals surface area contributed by atoms with E-state index in [1.165, 1.54) is 11.8 Å². The average molecular weight is 348 g/mol. The van der Waals surface area contributed by atoms with Crippen LogP contribution in [0.1, 0.15) is 27.0 Å². The zero-order valence-electron chi connectivity index (χ0n) is 13.6. The second kappa shape index (κ2) is 7.69. The van der Waals surface area contributed by atoms with Crippen molar-refractivity contribution in [2.24, 2.45) is 0 Å². The number of aromatic nitrogens is 2. The van der Waals surface area contributed by atoms with Crippen LogP contribution < -0.4 is 5.32 Å². The van der Waals surface area contributed by atoms with Gasteiger partial charge in [-0.2, -0.15) is 10.4 Å². The minimum Gasteiger partial charge on any atom is -0.306 e. The van der Waals surface area contributed by atoms with Crippen molar-refractivity contribution in [1.29, 1.82) is 5.26 Å². The smallest absolute Gasteiger partial charge is 0.256 e. The van der Waals surface area contributed by atoms with Gasteiger partial charge in [-0.3, -0.25) is 9.89 Å². The van der Waals surface area contributed by atoms with Crippen LogP contribution in [0.4, 0.5) is 5.82 Å². The Morgan fingerprint density at radius 1 is 1.20 bits per heavy atom. The molecular formula is C19H16N4OS. The van der Waals surface area contributed by atoms with Gasteiger partial charge in [0.15, 0.2) is 0 Å². The number of thioether (sulfide) groups is 1. The predicted octanol–water partition coefficient (Wildman–Crippen LogP) is 4.13. The van der Waals surface area contributed by atoms with Crippen LogP contribution in [0.25, 0.3) is 0 Å². The number of hydrogen-bond donors (Lipinski definition) is 2. The summed E-state index contributed by atoms with van der Waals surface area (Å²) in [5.41, 5.74) is 3.10. The van der Waals surface area contributed by atoms with Crippen molar-refractivity contribution >= 4 is 23.5 Å². The standard InChI is InChI=1S/C19H16N4OS/c1-13-7-9-15(10-8-13)18(24)21-17-16(11-20)19(23-22-17)25-12-14-5-3-2-4-6-14/h2-10H,12H2,1H3,(H2,21,22,23,24). The molecule has 5 nitrogen and oxygen atoms in total. The summed E-state index contributed by atoms with van der Waals surface area (Å²) in [5, 5.41) is 19.6. The lowest BCUT2D eigenvalue weighted by molar-refractivity contribution is 0.102. The molecule has 2 N–H and O–H groups in total. The van der Waals surface area contributed by atoms with E-state index in [9.17, 15) is 10.1 Å². The molecule has 1 aromatic heterocycles. The minimum absolute atomic E-state index is 0.278. The number of H-pyrrole nitrogens is 1. The number of aryl methyl sites for hydroxylation is 1. The highest BCUT2D eigenvalue weighted by Crippen LogP contribution is 2.28. The molecule has 0 atom stereocenters. The highest BCUT2D eigenvalue weighted by molar-refractivity contribution is 7.98. The van der Waals surface area contributed by atoms with Crippen molar-refractivity contribution in [2.75, 3.05) is 5.32 Å². The summed E-state index contributed by atoms with van der Waals surface area (Å²) in [4.78, 5) is 12.3. The third-order valence-electron chi connectivity index (χ3n) is 3.62. The van der Waals surface area contributed by atoms with Gasteiger partial charge in [0.2, 0.25) is 0 Å². The van der Waals surface area contributed by atoms with Crippen LogP contribution in [0, 0.1) is 18.3 Å². The maximum Gasteiger partial charge on any atom is 0.256 e. The molecule has 2 aromatic carbocycles. The van der Waals surface area contributed by atoms with Crippen LogP contribution in [0.15, 0.2) is 59.6 Å². The third kappa shape index (κ3) is 4.08. The first-order chi connectivity index (χ1) is 12.2. The Balaban J connectivity index is 1.72. The van der Waals surface area contributed by atoms with Crippen LogP contribution in [0.3, 0.4) is 0 Å². The van der Waals surface area contributed by atoms with E-state index in [0.717, 1.165) is 11.1 Å². The lowest BCUT2D eigenvalue weighted by atomic mass is 10.1. The Bertz CT molecular complexity index is 911. The summed E-state index contributed by atoms with van der Waals surface area (Å²) in [7, 11) is 0. The first-order valence-electron chi connectivity index (χ1n) is 7.70. The van der Waals surface area contributed by atoms with E-state index in [1.54, 1.807) is 12.1 Å². The first kappa shape index (κ1) is 16.8. The second-order valence-corrected chi connectivity index (χ2v) is 6.45.